The van der Waals surface area contributed by atoms with Crippen LogP contribution in [0.5, 0.6) is 0 Å². The average Bonchev–Trinajstić information content (AvgIpc) is 2.75. The van der Waals surface area contributed by atoms with Crippen LogP contribution >= 0.6 is 0 Å². The molecular weight excluding hydrogens is 174 g/mol. The minimum Gasteiger partial charge on any atom is -0.394 e. The summed E-state index contributed by atoms with van der Waals surface area (Å²) in [6.45, 7) is -1.21. The van der Waals surface area contributed by atoms with Crippen LogP contribution in [0.3, 0.4) is 0 Å². The summed E-state index contributed by atoms with van der Waals surface area (Å²) >= 11 is 0. The molecule has 0 unspecified atom stereocenters. The van der Waals surface area contributed by atoms with Gasteiger partial charge < -0.3 is 26.0 Å². The second-order valence-electron chi connectivity index (χ2n) is 2.60. The van der Waals surface area contributed by atoms with Gasteiger partial charge in [0.1, 0.15) is 0 Å². The van der Waals surface area contributed by atoms with Gasteiger partial charge in [0, 0.05) is 12.4 Å². The second kappa shape index (κ2) is 6.55. The molecule has 0 atom stereocenters. The van der Waals surface area contributed by atoms with Gasteiger partial charge >= 0.3 is 0 Å². The van der Waals surface area contributed by atoms with Crippen LogP contribution in [0.1, 0.15) is 0 Å². The molecule has 6 N–H and O–H groups in total. The molecule has 76 valence electrons. The normalized spacial score (nSPS) is 10.5. The summed E-state index contributed by atoms with van der Waals surface area (Å²) < 4.78 is 0. The van der Waals surface area contributed by atoms with Crippen molar-refractivity contribution < 1.29 is 15.3 Å². The van der Waals surface area contributed by atoms with E-state index < -0.39 is 25.4 Å². The molecule has 0 saturated heterocycles. The molecule has 1 aromatic heterocycles. The van der Waals surface area contributed by atoms with E-state index in [2.05, 4.69) is 9.97 Å². The zero-order valence-electron chi connectivity index (χ0n) is 7.22. The molecule has 13 heavy (non-hydrogen) atoms. The Hall–Kier alpha value is -0.950. The van der Waals surface area contributed by atoms with Gasteiger partial charge in [-0.2, -0.15) is 0 Å². The third-order valence-electron chi connectivity index (χ3n) is 1.35. The fourth-order valence-corrected chi connectivity index (χ4v) is 0.365. The van der Waals surface area contributed by atoms with E-state index in [1.807, 2.05) is 0 Å². The standard InChI is InChI=1S/C4H11NO3.C3H4N2/c5-4(1-6,2-7)3-8;1-2-5-3-4-1/h6-8H,1-3,5H2;1-3H,(H,4,5). The number of aliphatic hydroxyl groups excluding tert-OH is 3. The van der Waals surface area contributed by atoms with Crippen molar-refractivity contribution in [3.63, 3.8) is 0 Å². The molecule has 0 radical (unpaired) electrons. The molecule has 0 amide bonds. The minimum absolute atomic E-state index is 0.403. The SMILES string of the molecule is NC(CO)(CO)CO.c1c[nH]cn1. The number of hydrogen-bond donors (Lipinski definition) is 5. The van der Waals surface area contributed by atoms with E-state index in [1.54, 1.807) is 18.7 Å². The van der Waals surface area contributed by atoms with Crippen LogP contribution in [0.4, 0.5) is 0 Å². The number of imidazole rings is 1. The molecule has 0 aromatic carbocycles. The molecule has 1 aromatic rings. The lowest BCUT2D eigenvalue weighted by molar-refractivity contribution is 0.0698. The van der Waals surface area contributed by atoms with Gasteiger partial charge in [-0.25, -0.2) is 4.98 Å². The maximum atomic E-state index is 8.34. The number of nitrogens with one attached hydrogen (secondary N) is 1. The predicted molar refractivity (Wildman–Crippen MR) is 46.8 cm³/mol. The summed E-state index contributed by atoms with van der Waals surface area (Å²) in [4.78, 5) is 6.42. The van der Waals surface area contributed by atoms with Crippen LogP contribution in [-0.2, 0) is 0 Å². The highest BCUT2D eigenvalue weighted by atomic mass is 16.3. The number of H-pyrrole nitrogens is 1. The summed E-state index contributed by atoms with van der Waals surface area (Å²) in [7, 11) is 0. The number of aromatic amines is 1. The molecule has 0 saturated carbocycles. The number of hydrogen-bond acceptors (Lipinski definition) is 5. The number of nitrogens with zero attached hydrogens (tertiary/aromatic N) is 1. The van der Waals surface area contributed by atoms with E-state index in [-0.39, 0.29) is 0 Å². The molecule has 0 spiro atoms. The first-order chi connectivity index (χ1) is 6.18. The fraction of sp³-hybridized carbons (Fsp3) is 0.571. The number of aromatic nitrogens is 2. The minimum atomic E-state index is -1.21. The Morgan fingerprint density at radius 2 is 1.77 bits per heavy atom. The first kappa shape index (κ1) is 12.0. The van der Waals surface area contributed by atoms with Crippen molar-refractivity contribution >= 4 is 0 Å². The molecule has 0 fully saturated rings. The molecule has 6 heteroatoms. The maximum Gasteiger partial charge on any atom is 0.0919 e. The number of aliphatic hydroxyl groups is 3. The van der Waals surface area contributed by atoms with Crippen molar-refractivity contribution in [2.45, 2.75) is 5.54 Å². The lowest BCUT2D eigenvalue weighted by Gasteiger charge is -2.20. The second-order valence-corrected chi connectivity index (χ2v) is 2.60. The van der Waals surface area contributed by atoms with Crippen molar-refractivity contribution in [2.24, 2.45) is 5.73 Å². The third kappa shape index (κ3) is 5.31. The molecular formula is C7H15N3O3. The van der Waals surface area contributed by atoms with Gasteiger partial charge in [0.15, 0.2) is 0 Å². The van der Waals surface area contributed by atoms with Crippen LogP contribution in [0.15, 0.2) is 18.7 Å². The summed E-state index contributed by atoms with van der Waals surface area (Å²) in [6, 6.07) is 0. The van der Waals surface area contributed by atoms with Crippen LogP contribution in [0.2, 0.25) is 0 Å². The van der Waals surface area contributed by atoms with E-state index in [9.17, 15) is 0 Å². The quantitative estimate of drug-likeness (QED) is 0.380. The first-order valence-corrected chi connectivity index (χ1v) is 3.73. The van der Waals surface area contributed by atoms with Gasteiger partial charge in [0.05, 0.1) is 31.7 Å². The maximum absolute atomic E-state index is 8.34. The largest absolute Gasteiger partial charge is 0.394 e. The van der Waals surface area contributed by atoms with E-state index >= 15 is 0 Å². The number of rotatable bonds is 3. The Bertz CT molecular complexity index is 161. The highest BCUT2D eigenvalue weighted by molar-refractivity contribution is 4.80. The van der Waals surface area contributed by atoms with Crippen molar-refractivity contribution in [3.8, 4) is 0 Å². The van der Waals surface area contributed by atoms with E-state index in [0.29, 0.717) is 0 Å². The van der Waals surface area contributed by atoms with Gasteiger partial charge in [-0.1, -0.05) is 0 Å². The van der Waals surface area contributed by atoms with E-state index in [0.717, 1.165) is 0 Å². The Morgan fingerprint density at radius 1 is 1.23 bits per heavy atom. The highest BCUT2D eigenvalue weighted by Gasteiger charge is 2.20. The zero-order chi connectivity index (χ0) is 10.2. The monoisotopic (exact) mass is 189 g/mol. The van der Waals surface area contributed by atoms with Gasteiger partial charge in [-0.15, -0.1) is 0 Å². The molecule has 0 aliphatic heterocycles. The van der Waals surface area contributed by atoms with Crippen LogP contribution < -0.4 is 5.73 Å². The van der Waals surface area contributed by atoms with Crippen molar-refractivity contribution in [3.05, 3.63) is 18.7 Å². The van der Waals surface area contributed by atoms with Crippen molar-refractivity contribution in [1.82, 2.24) is 9.97 Å². The molecule has 1 heterocycles. The molecule has 0 aliphatic carbocycles. The molecule has 1 rings (SSSR count). The summed E-state index contributed by atoms with van der Waals surface area (Å²) in [5, 5.41) is 25.0. The molecule has 6 nitrogen and oxygen atoms in total. The zero-order valence-corrected chi connectivity index (χ0v) is 7.22. The lowest BCUT2D eigenvalue weighted by Crippen LogP contribution is -2.50. The number of nitrogens with two attached hydrogens (primary N) is 1. The topological polar surface area (TPSA) is 115 Å². The average molecular weight is 189 g/mol. The third-order valence-corrected chi connectivity index (χ3v) is 1.35. The molecule has 0 bridgehead atoms. The van der Waals surface area contributed by atoms with Gasteiger partial charge in [0.25, 0.3) is 0 Å². The lowest BCUT2D eigenvalue weighted by atomic mass is 10.1. The van der Waals surface area contributed by atoms with E-state index in [4.69, 9.17) is 21.1 Å². The van der Waals surface area contributed by atoms with Crippen LogP contribution in [-0.4, -0.2) is 50.6 Å². The van der Waals surface area contributed by atoms with Crippen LogP contribution in [0, 0.1) is 0 Å². The smallest absolute Gasteiger partial charge is 0.0919 e. The summed E-state index contributed by atoms with van der Waals surface area (Å²) in [5.74, 6) is 0. The Labute approximate surface area is 76.0 Å². The highest BCUT2D eigenvalue weighted by Crippen LogP contribution is 1.93. The van der Waals surface area contributed by atoms with Crippen LogP contribution in [0.25, 0.3) is 0 Å². The van der Waals surface area contributed by atoms with Gasteiger partial charge in [0.2, 0.25) is 0 Å². The van der Waals surface area contributed by atoms with Gasteiger partial charge in [-0.3, -0.25) is 0 Å². The predicted octanol–water partition coefficient (Wildman–Crippen LogP) is -1.93. The Kier molecular flexibility index (Phi) is 6.07. The molecule has 0 aliphatic rings. The Balaban J connectivity index is 0.000000243. The first-order valence-electron chi connectivity index (χ1n) is 3.73. The fourth-order valence-electron chi connectivity index (χ4n) is 0.365. The summed E-state index contributed by atoms with van der Waals surface area (Å²) in [6.07, 6.45) is 5.08. The van der Waals surface area contributed by atoms with Crippen molar-refractivity contribution in [1.29, 1.82) is 0 Å². The Morgan fingerprint density at radius 3 is 1.85 bits per heavy atom. The van der Waals surface area contributed by atoms with E-state index in [1.165, 1.54) is 0 Å². The summed E-state index contributed by atoms with van der Waals surface area (Å²) in [5.41, 5.74) is 3.94. The van der Waals surface area contributed by atoms with Crippen molar-refractivity contribution in [2.75, 3.05) is 19.8 Å². The van der Waals surface area contributed by atoms with Gasteiger partial charge in [-0.05, 0) is 0 Å².